The maximum atomic E-state index is 13.1. The third-order valence-corrected chi connectivity index (χ3v) is 5.86. The molecule has 0 amide bonds. The van der Waals surface area contributed by atoms with E-state index in [0.717, 1.165) is 0 Å². The fourth-order valence-corrected chi connectivity index (χ4v) is 3.99. The van der Waals surface area contributed by atoms with Crippen LogP contribution in [-0.4, -0.2) is 82.8 Å². The Morgan fingerprint density at radius 2 is 1.76 bits per heavy atom. The van der Waals surface area contributed by atoms with Crippen LogP contribution in [-0.2, 0) is 4.74 Å². The Balaban J connectivity index is 1.65. The van der Waals surface area contributed by atoms with Crippen LogP contribution in [0.1, 0.15) is 28.4 Å². The van der Waals surface area contributed by atoms with Gasteiger partial charge in [-0.1, -0.05) is 6.07 Å². The Morgan fingerprint density at radius 3 is 2.41 bits per heavy atom. The van der Waals surface area contributed by atoms with Crippen molar-refractivity contribution < 1.29 is 54.0 Å². The molecule has 11 heteroatoms. The zero-order chi connectivity index (χ0) is 24.6. The second-order valence-corrected chi connectivity index (χ2v) is 7.98. The number of benzene rings is 2. The van der Waals surface area contributed by atoms with E-state index >= 15 is 0 Å². The molecule has 0 aromatic heterocycles. The number of ketones is 1. The van der Waals surface area contributed by atoms with Gasteiger partial charge in [-0.05, 0) is 17.7 Å². The predicted molar refractivity (Wildman–Crippen MR) is 114 cm³/mol. The zero-order valence-electron chi connectivity index (χ0n) is 18.5. The Kier molecular flexibility index (Phi) is 6.82. The molecule has 1 fully saturated rings. The first-order valence-corrected chi connectivity index (χ1v) is 10.5. The number of aliphatic hydroxyl groups excluding tert-OH is 4. The lowest BCUT2D eigenvalue weighted by molar-refractivity contribution is -0.277. The number of hydrogen-bond donors (Lipinski definition) is 5. The Bertz CT molecular complexity index is 1050. The van der Waals surface area contributed by atoms with Crippen LogP contribution in [0, 0.1) is 0 Å². The molecule has 34 heavy (non-hydrogen) atoms. The van der Waals surface area contributed by atoms with Crippen molar-refractivity contribution in [1.29, 1.82) is 0 Å². The Hall–Kier alpha value is -3.09. The van der Waals surface area contributed by atoms with Crippen molar-refractivity contribution in [1.82, 2.24) is 0 Å². The normalized spacial score (nSPS) is 28.6. The van der Waals surface area contributed by atoms with E-state index in [1.807, 2.05) is 0 Å². The number of phenolic OH excluding ortho intramolecular Hbond substituents is 1. The first-order valence-electron chi connectivity index (χ1n) is 10.5. The number of methoxy groups -OCH3 is 2. The van der Waals surface area contributed by atoms with Crippen molar-refractivity contribution in [2.24, 2.45) is 0 Å². The number of Topliss-reactive ketones (excluding diaryl/α,β-unsaturated/α-hetero) is 1. The molecule has 5 N–H and O–H groups in total. The Morgan fingerprint density at radius 1 is 1.00 bits per heavy atom. The lowest BCUT2D eigenvalue weighted by Gasteiger charge is -2.40. The molecule has 184 valence electrons. The smallest absolute Gasteiger partial charge is 0.229 e. The van der Waals surface area contributed by atoms with Crippen LogP contribution < -0.4 is 18.9 Å². The van der Waals surface area contributed by atoms with Crippen LogP contribution in [0.25, 0.3) is 0 Å². The van der Waals surface area contributed by atoms with Crippen LogP contribution in [0.5, 0.6) is 28.7 Å². The van der Waals surface area contributed by atoms with Gasteiger partial charge in [0.05, 0.1) is 27.2 Å². The summed E-state index contributed by atoms with van der Waals surface area (Å²) in [6, 6.07) is 7.59. The molecule has 0 unspecified atom stereocenters. The van der Waals surface area contributed by atoms with Gasteiger partial charge in [0.2, 0.25) is 6.29 Å². The second kappa shape index (κ2) is 9.65. The lowest BCUT2D eigenvalue weighted by Crippen LogP contribution is -2.60. The van der Waals surface area contributed by atoms with E-state index in [0.29, 0.717) is 5.56 Å². The fraction of sp³-hybridized carbons (Fsp3) is 0.435. The lowest BCUT2D eigenvalue weighted by atomic mass is 9.95. The minimum Gasteiger partial charge on any atom is -0.504 e. The fourth-order valence-electron chi connectivity index (χ4n) is 3.99. The molecule has 4 rings (SSSR count). The third kappa shape index (κ3) is 4.36. The number of hydrogen-bond acceptors (Lipinski definition) is 11. The highest BCUT2D eigenvalue weighted by atomic mass is 16.7. The van der Waals surface area contributed by atoms with Gasteiger partial charge in [0.25, 0.3) is 0 Å². The number of carbonyl (C=O) groups is 1. The van der Waals surface area contributed by atoms with Gasteiger partial charge in [0.1, 0.15) is 53.3 Å². The highest BCUT2D eigenvalue weighted by Crippen LogP contribution is 2.44. The third-order valence-electron chi connectivity index (χ3n) is 5.86. The summed E-state index contributed by atoms with van der Waals surface area (Å²) in [5, 5.41) is 49.8. The van der Waals surface area contributed by atoms with E-state index in [9.17, 15) is 30.3 Å². The molecule has 1 saturated heterocycles. The summed E-state index contributed by atoms with van der Waals surface area (Å²) in [4.78, 5) is 13.1. The van der Waals surface area contributed by atoms with E-state index < -0.39 is 43.4 Å². The molecule has 11 nitrogen and oxygen atoms in total. The summed E-state index contributed by atoms with van der Waals surface area (Å²) < 4.78 is 27.5. The first-order chi connectivity index (χ1) is 16.3. The first kappa shape index (κ1) is 24.0. The van der Waals surface area contributed by atoms with Gasteiger partial charge in [-0.25, -0.2) is 0 Å². The molecule has 0 spiro atoms. The molecule has 6 atom stereocenters. The summed E-state index contributed by atoms with van der Waals surface area (Å²) in [7, 11) is 2.83. The second-order valence-electron chi connectivity index (χ2n) is 7.98. The molecule has 2 aromatic rings. The minimum atomic E-state index is -1.66. The molecule has 0 aliphatic carbocycles. The van der Waals surface area contributed by atoms with Crippen molar-refractivity contribution in [3.8, 4) is 28.7 Å². The molecule has 2 aliphatic rings. The molecule has 0 bridgehead atoms. The van der Waals surface area contributed by atoms with Crippen LogP contribution >= 0.6 is 0 Å². The maximum absolute atomic E-state index is 13.1. The van der Waals surface area contributed by atoms with Crippen molar-refractivity contribution in [3.63, 3.8) is 0 Å². The molecular weight excluding hydrogens is 452 g/mol. The summed E-state index contributed by atoms with van der Waals surface area (Å²) in [6.07, 6.45) is -8.30. The highest BCUT2D eigenvalue weighted by molar-refractivity contribution is 6.03. The van der Waals surface area contributed by atoms with Crippen LogP contribution in [0.4, 0.5) is 0 Å². The van der Waals surface area contributed by atoms with Crippen molar-refractivity contribution in [3.05, 3.63) is 41.5 Å². The predicted octanol–water partition coefficient (Wildman–Crippen LogP) is 0.295. The maximum Gasteiger partial charge on any atom is 0.229 e. The van der Waals surface area contributed by atoms with Crippen molar-refractivity contribution >= 4 is 5.78 Å². The van der Waals surface area contributed by atoms with Gasteiger partial charge in [-0.15, -0.1) is 0 Å². The van der Waals surface area contributed by atoms with Gasteiger partial charge in [0, 0.05) is 12.1 Å². The molecule has 2 heterocycles. The molecule has 0 radical (unpaired) electrons. The Labute approximate surface area is 194 Å². The van der Waals surface area contributed by atoms with Crippen molar-refractivity contribution in [2.45, 2.75) is 43.2 Å². The molecular formula is C23H26O11. The quantitative estimate of drug-likeness (QED) is 0.388. The van der Waals surface area contributed by atoms with Crippen LogP contribution in [0.2, 0.25) is 0 Å². The van der Waals surface area contributed by atoms with Crippen LogP contribution in [0.3, 0.4) is 0 Å². The zero-order valence-corrected chi connectivity index (χ0v) is 18.5. The number of aliphatic hydroxyl groups is 4. The number of carbonyl (C=O) groups excluding carboxylic acids is 1. The molecule has 0 saturated carbocycles. The average molecular weight is 478 g/mol. The summed E-state index contributed by atoms with van der Waals surface area (Å²) in [5.41, 5.74) is 0.628. The van der Waals surface area contributed by atoms with Crippen LogP contribution in [0.15, 0.2) is 30.3 Å². The number of fused-ring (bicyclic) bond motifs is 1. The largest absolute Gasteiger partial charge is 0.504 e. The van der Waals surface area contributed by atoms with Gasteiger partial charge in [-0.2, -0.15) is 0 Å². The summed E-state index contributed by atoms with van der Waals surface area (Å²) in [6.45, 7) is -0.626. The number of phenols is 1. The van der Waals surface area contributed by atoms with E-state index in [1.54, 1.807) is 12.1 Å². The number of rotatable bonds is 6. The summed E-state index contributed by atoms with van der Waals surface area (Å²) >= 11 is 0. The number of ether oxygens (including phenoxy) is 5. The van der Waals surface area contributed by atoms with E-state index in [1.165, 1.54) is 32.4 Å². The van der Waals surface area contributed by atoms with Gasteiger partial charge < -0.3 is 49.2 Å². The van der Waals surface area contributed by atoms with Gasteiger partial charge >= 0.3 is 0 Å². The van der Waals surface area contributed by atoms with Crippen molar-refractivity contribution in [2.75, 3.05) is 20.8 Å². The highest BCUT2D eigenvalue weighted by Gasteiger charge is 2.45. The molecule has 2 aliphatic heterocycles. The standard InChI is InChI=1S/C23H26O11/c1-30-11-6-16-19(13(26)8-15(32-16)10-3-4-14(31-2)12(25)5-10)17(7-11)33-23-22(29)21(28)20(27)18(9-24)34-23/h3-7,15,18,20-25,27-29H,8-9H2,1-2H3/t15-,18+,20+,21-,22+,23+/m0/s1. The van der Waals surface area contributed by atoms with E-state index in [2.05, 4.69) is 0 Å². The minimum absolute atomic E-state index is 0.0280. The average Bonchev–Trinajstić information content (AvgIpc) is 2.83. The SMILES string of the molecule is COc1cc(O[C@@H]2O[C@H](CO)[C@@H](O)[C@H](O)[C@H]2O)c2c(c1)O[C@H](c1ccc(OC)c(O)c1)CC2=O. The number of aromatic hydroxyl groups is 1. The topological polar surface area (TPSA) is 164 Å². The van der Waals surface area contributed by atoms with Gasteiger partial charge in [0.15, 0.2) is 17.3 Å². The van der Waals surface area contributed by atoms with Gasteiger partial charge in [-0.3, -0.25) is 4.79 Å². The summed E-state index contributed by atoms with van der Waals surface area (Å²) in [5.74, 6) is 0.241. The van der Waals surface area contributed by atoms with E-state index in [-0.39, 0.29) is 46.5 Å². The monoisotopic (exact) mass is 478 g/mol. The molecule has 2 aromatic carbocycles. The van der Waals surface area contributed by atoms with E-state index in [4.69, 9.17) is 23.7 Å².